The Balaban J connectivity index is 2.12. The molecule has 1 saturated carbocycles. The second-order valence-corrected chi connectivity index (χ2v) is 5.70. The predicted octanol–water partition coefficient (Wildman–Crippen LogP) is 3.31. The van der Waals surface area contributed by atoms with Crippen LogP contribution in [0.25, 0.3) is 0 Å². The van der Waals surface area contributed by atoms with Gasteiger partial charge in [-0.25, -0.2) is 0 Å². The van der Waals surface area contributed by atoms with Crippen LogP contribution in [0.1, 0.15) is 34.5 Å². The molecule has 1 heterocycles. The molecule has 1 aromatic rings. The summed E-state index contributed by atoms with van der Waals surface area (Å²) in [7, 11) is 0. The summed E-state index contributed by atoms with van der Waals surface area (Å²) in [5.74, 6) is 0.366. The van der Waals surface area contributed by atoms with E-state index in [4.69, 9.17) is 11.6 Å². The SMILES string of the molecule is O=C1c2sc(Cl)cc2CCC12CC2. The van der Waals surface area contributed by atoms with Crippen LogP contribution in [0.2, 0.25) is 4.34 Å². The normalized spacial score (nSPS) is 23.3. The van der Waals surface area contributed by atoms with Gasteiger partial charge in [0.05, 0.1) is 9.21 Å². The number of Topliss-reactive ketones (excluding diaryl/α,β-unsaturated/α-hetero) is 1. The molecule has 0 atom stereocenters. The largest absolute Gasteiger partial charge is 0.293 e. The minimum Gasteiger partial charge on any atom is -0.293 e. The van der Waals surface area contributed by atoms with E-state index in [9.17, 15) is 4.79 Å². The first-order valence-corrected chi connectivity index (χ1v) is 5.74. The van der Waals surface area contributed by atoms with Crippen molar-refractivity contribution in [3.8, 4) is 0 Å². The maximum Gasteiger partial charge on any atom is 0.179 e. The topological polar surface area (TPSA) is 17.1 Å². The number of hydrogen-bond acceptors (Lipinski definition) is 2. The van der Waals surface area contributed by atoms with E-state index in [-0.39, 0.29) is 5.41 Å². The van der Waals surface area contributed by atoms with E-state index < -0.39 is 0 Å². The Labute approximate surface area is 85.7 Å². The van der Waals surface area contributed by atoms with Gasteiger partial charge >= 0.3 is 0 Å². The molecule has 0 radical (unpaired) electrons. The summed E-state index contributed by atoms with van der Waals surface area (Å²) in [6.07, 6.45) is 4.29. The van der Waals surface area contributed by atoms with Crippen LogP contribution in [-0.2, 0) is 6.42 Å². The van der Waals surface area contributed by atoms with Crippen molar-refractivity contribution in [2.45, 2.75) is 25.7 Å². The van der Waals surface area contributed by atoms with Gasteiger partial charge in [-0.3, -0.25) is 4.79 Å². The minimum atomic E-state index is 0.0567. The molecular formula is C10H9ClOS. The summed E-state index contributed by atoms with van der Waals surface area (Å²) in [6, 6.07) is 1.95. The Kier molecular flexibility index (Phi) is 1.46. The lowest BCUT2D eigenvalue weighted by Gasteiger charge is -2.18. The van der Waals surface area contributed by atoms with Gasteiger partial charge in [-0.1, -0.05) is 11.6 Å². The fraction of sp³-hybridized carbons (Fsp3) is 0.500. The van der Waals surface area contributed by atoms with Crippen molar-refractivity contribution in [3.63, 3.8) is 0 Å². The van der Waals surface area contributed by atoms with Crippen LogP contribution in [0.3, 0.4) is 0 Å². The zero-order valence-electron chi connectivity index (χ0n) is 7.10. The standard InChI is InChI=1S/C10H9ClOS/c11-7-5-6-1-2-10(3-4-10)9(12)8(6)13-7/h5H,1-4H2. The van der Waals surface area contributed by atoms with E-state index in [0.717, 1.165) is 34.9 Å². The molecule has 13 heavy (non-hydrogen) atoms. The van der Waals surface area contributed by atoms with Crippen LogP contribution in [-0.4, -0.2) is 5.78 Å². The predicted molar refractivity (Wildman–Crippen MR) is 53.6 cm³/mol. The lowest BCUT2D eigenvalue weighted by molar-refractivity contribution is 0.0885. The third kappa shape index (κ3) is 1.02. The molecule has 0 unspecified atom stereocenters. The molecule has 1 aromatic heterocycles. The van der Waals surface area contributed by atoms with E-state index in [1.54, 1.807) is 0 Å². The fourth-order valence-corrected chi connectivity index (χ4v) is 3.49. The lowest BCUT2D eigenvalue weighted by Crippen LogP contribution is -2.21. The molecule has 0 bridgehead atoms. The molecule has 0 N–H and O–H groups in total. The molecule has 0 saturated heterocycles. The van der Waals surface area contributed by atoms with Gasteiger partial charge in [0.1, 0.15) is 0 Å². The molecule has 1 fully saturated rings. The molecule has 68 valence electrons. The van der Waals surface area contributed by atoms with Crippen molar-refractivity contribution in [1.29, 1.82) is 0 Å². The number of rotatable bonds is 0. The van der Waals surface area contributed by atoms with E-state index >= 15 is 0 Å². The third-order valence-corrected chi connectivity index (χ3v) is 4.50. The average molecular weight is 213 g/mol. The second-order valence-electron chi connectivity index (χ2n) is 4.01. The summed E-state index contributed by atoms with van der Waals surface area (Å²) >= 11 is 7.35. The minimum absolute atomic E-state index is 0.0567. The molecule has 3 heteroatoms. The van der Waals surface area contributed by atoms with Crippen LogP contribution >= 0.6 is 22.9 Å². The Morgan fingerprint density at radius 2 is 2.15 bits per heavy atom. The van der Waals surface area contributed by atoms with E-state index in [1.807, 2.05) is 6.07 Å². The number of aryl methyl sites for hydroxylation is 1. The van der Waals surface area contributed by atoms with Gasteiger partial charge in [-0.05, 0) is 37.3 Å². The second kappa shape index (κ2) is 2.37. The highest BCUT2D eigenvalue weighted by Crippen LogP contribution is 2.55. The van der Waals surface area contributed by atoms with Crippen LogP contribution in [0, 0.1) is 5.41 Å². The van der Waals surface area contributed by atoms with Gasteiger partial charge in [-0.15, -0.1) is 11.3 Å². The number of ketones is 1. The molecule has 0 amide bonds. The first-order valence-electron chi connectivity index (χ1n) is 4.54. The third-order valence-electron chi connectivity index (χ3n) is 3.19. The Bertz CT molecular complexity index is 390. The summed E-state index contributed by atoms with van der Waals surface area (Å²) in [4.78, 5) is 12.9. The molecular weight excluding hydrogens is 204 g/mol. The van der Waals surface area contributed by atoms with Gasteiger partial charge < -0.3 is 0 Å². The van der Waals surface area contributed by atoms with E-state index in [0.29, 0.717) is 5.78 Å². The molecule has 1 nitrogen and oxygen atoms in total. The van der Waals surface area contributed by atoms with Gasteiger partial charge in [-0.2, -0.15) is 0 Å². The Morgan fingerprint density at radius 1 is 1.38 bits per heavy atom. The molecule has 0 aliphatic heterocycles. The Morgan fingerprint density at radius 3 is 2.85 bits per heavy atom. The number of fused-ring (bicyclic) bond motifs is 1. The number of thiophene rings is 1. The van der Waals surface area contributed by atoms with Crippen molar-refractivity contribution in [1.82, 2.24) is 0 Å². The van der Waals surface area contributed by atoms with Crippen molar-refractivity contribution in [3.05, 3.63) is 20.8 Å². The van der Waals surface area contributed by atoms with Crippen LogP contribution in [0.15, 0.2) is 6.07 Å². The van der Waals surface area contributed by atoms with Gasteiger partial charge in [0, 0.05) is 5.41 Å². The number of carbonyl (C=O) groups is 1. The number of halogens is 1. The Hall–Kier alpha value is -0.340. The van der Waals surface area contributed by atoms with Crippen LogP contribution < -0.4 is 0 Å². The summed E-state index contributed by atoms with van der Waals surface area (Å²) in [6.45, 7) is 0. The maximum absolute atomic E-state index is 12.0. The number of carbonyl (C=O) groups excluding carboxylic acids is 1. The monoisotopic (exact) mass is 212 g/mol. The van der Waals surface area contributed by atoms with E-state index in [1.165, 1.54) is 16.9 Å². The van der Waals surface area contributed by atoms with Crippen molar-refractivity contribution < 1.29 is 4.79 Å². The highest BCUT2D eigenvalue weighted by molar-refractivity contribution is 7.18. The number of hydrogen-bond donors (Lipinski definition) is 0. The molecule has 2 aliphatic rings. The molecule has 2 aliphatic carbocycles. The molecule has 3 rings (SSSR count). The van der Waals surface area contributed by atoms with Crippen molar-refractivity contribution in [2.75, 3.05) is 0 Å². The van der Waals surface area contributed by atoms with Gasteiger partial charge in [0.25, 0.3) is 0 Å². The van der Waals surface area contributed by atoms with E-state index in [2.05, 4.69) is 0 Å². The molecule has 0 aromatic carbocycles. The highest BCUT2D eigenvalue weighted by atomic mass is 35.5. The summed E-state index contributed by atoms with van der Waals surface area (Å²) in [5, 5.41) is 0. The maximum atomic E-state index is 12.0. The van der Waals surface area contributed by atoms with Gasteiger partial charge in [0.2, 0.25) is 0 Å². The fourth-order valence-electron chi connectivity index (χ4n) is 2.13. The first-order chi connectivity index (χ1) is 6.21. The lowest BCUT2D eigenvalue weighted by atomic mass is 9.85. The average Bonchev–Trinajstić information content (AvgIpc) is 2.78. The zero-order chi connectivity index (χ0) is 9.05. The first kappa shape index (κ1) is 8.01. The highest BCUT2D eigenvalue weighted by Gasteiger charge is 2.52. The molecule has 1 spiro atoms. The van der Waals surface area contributed by atoms with Gasteiger partial charge in [0.15, 0.2) is 5.78 Å². The van der Waals surface area contributed by atoms with Crippen LogP contribution in [0.5, 0.6) is 0 Å². The smallest absolute Gasteiger partial charge is 0.179 e. The van der Waals surface area contributed by atoms with Crippen LogP contribution in [0.4, 0.5) is 0 Å². The summed E-state index contributed by atoms with van der Waals surface area (Å²) in [5.41, 5.74) is 1.23. The van der Waals surface area contributed by atoms with Crippen molar-refractivity contribution >= 4 is 28.7 Å². The zero-order valence-corrected chi connectivity index (χ0v) is 8.67. The summed E-state index contributed by atoms with van der Waals surface area (Å²) < 4.78 is 0.760. The van der Waals surface area contributed by atoms with Crippen molar-refractivity contribution in [2.24, 2.45) is 5.41 Å². The quantitative estimate of drug-likeness (QED) is 0.645.